The number of carbonyl (C=O) groups is 1. The molecule has 0 aliphatic carbocycles. The summed E-state index contributed by atoms with van der Waals surface area (Å²) >= 11 is 0. The van der Waals surface area contributed by atoms with Gasteiger partial charge < -0.3 is 9.84 Å². The van der Waals surface area contributed by atoms with Crippen molar-refractivity contribution in [3.05, 3.63) is 65.7 Å². The highest BCUT2D eigenvalue weighted by Gasteiger charge is 2.35. The van der Waals surface area contributed by atoms with E-state index in [1.807, 2.05) is 18.2 Å². The van der Waals surface area contributed by atoms with Crippen LogP contribution in [0.2, 0.25) is 0 Å². The molecule has 0 aromatic heterocycles. The number of carboxylic acid groups (broad SMARTS) is 1. The highest BCUT2D eigenvalue weighted by Crippen LogP contribution is 2.44. The predicted molar refractivity (Wildman–Crippen MR) is 98.0 cm³/mol. The van der Waals surface area contributed by atoms with Crippen molar-refractivity contribution in [2.24, 2.45) is 0 Å². The molecule has 25 heavy (non-hydrogen) atoms. The van der Waals surface area contributed by atoms with E-state index in [9.17, 15) is 4.79 Å². The largest absolute Gasteiger partial charge is 0.497 e. The second-order valence-corrected chi connectivity index (χ2v) is 6.56. The first kappa shape index (κ1) is 17.5. The van der Waals surface area contributed by atoms with Crippen molar-refractivity contribution in [2.45, 2.75) is 31.2 Å². The molecule has 0 saturated carbocycles. The molecule has 1 N–H and O–H groups in total. The third kappa shape index (κ3) is 4.20. The molecule has 2 aromatic rings. The number of nitrogens with zero attached hydrogens (tertiary/aromatic N) is 1. The molecule has 3 rings (SSSR count). The molecule has 4 nitrogen and oxygen atoms in total. The first-order valence-electron chi connectivity index (χ1n) is 8.84. The quantitative estimate of drug-likeness (QED) is 0.825. The molecule has 1 aliphatic heterocycles. The van der Waals surface area contributed by atoms with Gasteiger partial charge in [-0.25, -0.2) is 0 Å². The third-order valence-electron chi connectivity index (χ3n) is 5.00. The Bertz CT molecular complexity index is 701. The number of aliphatic carboxylic acids is 1. The van der Waals surface area contributed by atoms with Crippen LogP contribution >= 0.6 is 0 Å². The van der Waals surface area contributed by atoms with Crippen LogP contribution in [-0.2, 0) is 4.79 Å². The fourth-order valence-electron chi connectivity index (χ4n) is 3.86. The van der Waals surface area contributed by atoms with E-state index in [2.05, 4.69) is 41.3 Å². The lowest BCUT2D eigenvalue weighted by Gasteiger charge is -2.29. The fraction of sp³-hybridized carbons (Fsp3) is 0.381. The van der Waals surface area contributed by atoms with Gasteiger partial charge in [-0.3, -0.25) is 9.69 Å². The second-order valence-electron chi connectivity index (χ2n) is 6.56. The highest BCUT2D eigenvalue weighted by atomic mass is 16.5. The third-order valence-corrected chi connectivity index (χ3v) is 5.00. The molecule has 4 heteroatoms. The van der Waals surface area contributed by atoms with Crippen LogP contribution in [0.3, 0.4) is 0 Å². The number of methoxy groups -OCH3 is 1. The maximum absolute atomic E-state index is 10.9. The summed E-state index contributed by atoms with van der Waals surface area (Å²) in [4.78, 5) is 13.3. The molecule has 132 valence electrons. The monoisotopic (exact) mass is 339 g/mol. The van der Waals surface area contributed by atoms with Crippen LogP contribution in [0.4, 0.5) is 0 Å². The lowest BCUT2D eigenvalue weighted by molar-refractivity contribution is -0.137. The van der Waals surface area contributed by atoms with E-state index in [0.717, 1.165) is 25.3 Å². The van der Waals surface area contributed by atoms with E-state index >= 15 is 0 Å². The molecule has 1 heterocycles. The Morgan fingerprint density at radius 2 is 1.92 bits per heavy atom. The van der Waals surface area contributed by atoms with Gasteiger partial charge in [0, 0.05) is 18.4 Å². The van der Waals surface area contributed by atoms with Gasteiger partial charge in [-0.2, -0.15) is 0 Å². The van der Waals surface area contributed by atoms with Crippen LogP contribution in [-0.4, -0.2) is 36.2 Å². The van der Waals surface area contributed by atoms with Crippen molar-refractivity contribution >= 4 is 5.97 Å². The lowest BCUT2D eigenvalue weighted by atomic mass is 9.87. The minimum Gasteiger partial charge on any atom is -0.497 e. The Morgan fingerprint density at radius 3 is 2.64 bits per heavy atom. The number of likely N-dealkylation sites (tertiary alicyclic amines) is 1. The zero-order valence-corrected chi connectivity index (χ0v) is 14.6. The predicted octanol–water partition coefficient (Wildman–Crippen LogP) is 4.09. The molecule has 2 aromatic carbocycles. The number of hydrogen-bond donors (Lipinski definition) is 1. The summed E-state index contributed by atoms with van der Waals surface area (Å²) in [6.07, 6.45) is 1.98. The first-order valence-corrected chi connectivity index (χ1v) is 8.84. The molecule has 0 bridgehead atoms. The molecule has 1 aliphatic rings. The Hall–Kier alpha value is -2.33. The summed E-state index contributed by atoms with van der Waals surface area (Å²) in [6, 6.07) is 19.1. The summed E-state index contributed by atoms with van der Waals surface area (Å²) in [6.45, 7) is 1.79. The van der Waals surface area contributed by atoms with E-state index in [0.29, 0.717) is 12.3 Å². The van der Waals surface area contributed by atoms with E-state index in [-0.39, 0.29) is 12.5 Å². The molecule has 1 saturated heterocycles. The maximum atomic E-state index is 10.9. The Labute approximate surface area is 149 Å². The number of rotatable bonds is 7. The minimum absolute atomic E-state index is 0.220. The molecule has 0 radical (unpaired) electrons. The van der Waals surface area contributed by atoms with Crippen molar-refractivity contribution in [3.63, 3.8) is 0 Å². The highest BCUT2D eigenvalue weighted by molar-refractivity contribution is 5.66. The van der Waals surface area contributed by atoms with Gasteiger partial charge in [-0.15, -0.1) is 0 Å². The number of carboxylic acids is 1. The Morgan fingerprint density at radius 1 is 1.16 bits per heavy atom. The van der Waals surface area contributed by atoms with Gasteiger partial charge in [0.25, 0.3) is 0 Å². The molecule has 0 spiro atoms. The van der Waals surface area contributed by atoms with Crippen LogP contribution in [0.25, 0.3) is 0 Å². The molecule has 1 fully saturated rings. The summed E-state index contributed by atoms with van der Waals surface area (Å²) in [7, 11) is 1.69. The van der Waals surface area contributed by atoms with Crippen LogP contribution in [0.5, 0.6) is 5.75 Å². The summed E-state index contributed by atoms with van der Waals surface area (Å²) in [5.74, 6) is 0.552. The van der Waals surface area contributed by atoms with E-state index in [1.165, 1.54) is 11.1 Å². The molecular weight excluding hydrogens is 314 g/mol. The van der Waals surface area contributed by atoms with Crippen LogP contribution < -0.4 is 4.74 Å². The van der Waals surface area contributed by atoms with Gasteiger partial charge in [0.2, 0.25) is 0 Å². The van der Waals surface area contributed by atoms with Crippen molar-refractivity contribution in [1.82, 2.24) is 4.90 Å². The smallest absolute Gasteiger partial charge is 0.303 e. The minimum atomic E-state index is -0.725. The molecule has 2 atom stereocenters. The van der Waals surface area contributed by atoms with E-state index in [4.69, 9.17) is 9.84 Å². The summed E-state index contributed by atoms with van der Waals surface area (Å²) in [5, 5.41) is 8.93. The van der Waals surface area contributed by atoms with E-state index in [1.54, 1.807) is 7.11 Å². The fourth-order valence-corrected chi connectivity index (χ4v) is 3.86. The van der Waals surface area contributed by atoms with Gasteiger partial charge in [0.05, 0.1) is 7.11 Å². The summed E-state index contributed by atoms with van der Waals surface area (Å²) < 4.78 is 5.41. The maximum Gasteiger partial charge on any atom is 0.303 e. The van der Waals surface area contributed by atoms with Crippen molar-refractivity contribution < 1.29 is 14.6 Å². The molecule has 2 unspecified atom stereocenters. The Kier molecular flexibility index (Phi) is 5.71. The van der Waals surface area contributed by atoms with Gasteiger partial charge in [0.15, 0.2) is 0 Å². The normalized spacial score (nSPS) is 20.5. The first-order chi connectivity index (χ1) is 12.2. The Balaban J connectivity index is 1.87. The van der Waals surface area contributed by atoms with Crippen molar-refractivity contribution in [3.8, 4) is 5.75 Å². The van der Waals surface area contributed by atoms with E-state index < -0.39 is 5.97 Å². The van der Waals surface area contributed by atoms with Crippen LogP contribution in [0, 0.1) is 0 Å². The van der Waals surface area contributed by atoms with Gasteiger partial charge in [-0.1, -0.05) is 42.5 Å². The molecule has 0 amide bonds. The SMILES string of the molecule is COc1cccc(C2C(c3ccccc3)CCN2CCCC(=O)O)c1. The van der Waals surface area contributed by atoms with Crippen molar-refractivity contribution in [2.75, 3.05) is 20.2 Å². The standard InChI is InChI=1S/C21H25NO3/c1-25-18-10-5-9-17(15-18)21-19(16-7-3-2-4-8-16)12-14-22(21)13-6-11-20(23)24/h2-5,7-10,15,19,21H,6,11-14H2,1H3,(H,23,24). The van der Waals surface area contributed by atoms with Gasteiger partial charge in [0.1, 0.15) is 5.75 Å². The summed E-state index contributed by atoms with van der Waals surface area (Å²) in [5.41, 5.74) is 2.58. The number of benzene rings is 2. The van der Waals surface area contributed by atoms with Crippen molar-refractivity contribution in [1.29, 1.82) is 0 Å². The second kappa shape index (κ2) is 8.17. The van der Waals surface area contributed by atoms with Gasteiger partial charge >= 0.3 is 5.97 Å². The average Bonchev–Trinajstić information content (AvgIpc) is 3.06. The average molecular weight is 339 g/mol. The topological polar surface area (TPSA) is 49.8 Å². The molecular formula is C21H25NO3. The lowest BCUT2D eigenvalue weighted by Crippen LogP contribution is -2.26. The van der Waals surface area contributed by atoms with Crippen LogP contribution in [0.15, 0.2) is 54.6 Å². The van der Waals surface area contributed by atoms with Crippen LogP contribution in [0.1, 0.15) is 42.3 Å². The van der Waals surface area contributed by atoms with Gasteiger partial charge in [-0.05, 0) is 49.2 Å². The zero-order chi connectivity index (χ0) is 17.6. The number of hydrogen-bond acceptors (Lipinski definition) is 3. The zero-order valence-electron chi connectivity index (χ0n) is 14.6. The number of ether oxygens (including phenoxy) is 1.